The normalized spacial score (nSPS) is 20.9. The van der Waals surface area contributed by atoms with Crippen LogP contribution in [0.4, 0.5) is 0 Å². The minimum atomic E-state index is -2.46. The summed E-state index contributed by atoms with van der Waals surface area (Å²) in [5.74, 6) is 2.01. The molecule has 2 atom stereocenters. The lowest BCUT2D eigenvalue weighted by atomic mass is 10.3. The summed E-state index contributed by atoms with van der Waals surface area (Å²) < 4.78 is 45.8. The minimum Gasteiger partial charge on any atom is -0.504 e. The number of alkyl halides is 1. The molecule has 1 N–H and O–H groups in total. The Kier molecular flexibility index (Phi) is 7.26. The number of phenolic OH excluding ortho intramolecular Hbond substituents is 1. The first-order chi connectivity index (χ1) is 14.3. The molecule has 0 saturated carbocycles. The van der Waals surface area contributed by atoms with Crippen molar-refractivity contribution < 1.29 is 32.9 Å². The Balaban J connectivity index is 0.000000190. The largest absolute Gasteiger partial charge is 0.504 e. The van der Waals surface area contributed by atoms with Crippen molar-refractivity contribution in [3.63, 3.8) is 0 Å². The van der Waals surface area contributed by atoms with Gasteiger partial charge in [0.1, 0.15) is 12.7 Å². The molecule has 2 unspecified atom stereocenters. The van der Waals surface area contributed by atoms with Crippen molar-refractivity contribution in [2.24, 2.45) is 0 Å². The number of aromatic hydroxyl groups is 1. The summed E-state index contributed by atoms with van der Waals surface area (Å²) in [6.07, 6.45) is 0.525. The van der Waals surface area contributed by atoms with Gasteiger partial charge in [0.15, 0.2) is 23.0 Å². The molecule has 2 aromatic rings. The van der Waals surface area contributed by atoms with Gasteiger partial charge in [0, 0.05) is 0 Å². The topological polar surface area (TPSA) is 73.0 Å². The number of methoxy groups -OCH3 is 2. The molecule has 2 heterocycles. The number of para-hydroxylation sites is 4. The molecule has 0 amide bonds. The average molecular weight is 400 g/mol. The van der Waals surface area contributed by atoms with Crippen molar-refractivity contribution in [2.75, 3.05) is 39.8 Å². The molecule has 2 aliphatic rings. The highest BCUT2D eigenvalue weighted by molar-refractivity contribution is 6.18. The molecule has 0 radical (unpaired) electrons. The molecule has 2 aromatic carbocycles. The van der Waals surface area contributed by atoms with E-state index in [4.69, 9.17) is 44.5 Å². The minimum absolute atomic E-state index is 0.126. The van der Waals surface area contributed by atoms with E-state index >= 15 is 0 Å². The maximum Gasteiger partial charge on any atom is 0.161 e. The van der Waals surface area contributed by atoms with Crippen LogP contribution in [-0.4, -0.2) is 57.2 Å². The molecule has 2 saturated heterocycles. The van der Waals surface area contributed by atoms with Crippen LogP contribution in [0.2, 0.25) is 0 Å². The number of halogens is 1. The SMILES string of the molecule is COc1ccccc1O.ClCC1CO1.[2H]C([2H])([2H])Oc1ccccc1OCC1CO1. The Hall–Kier alpha value is -2.15. The second kappa shape index (κ2) is 11.5. The lowest BCUT2D eigenvalue weighted by Gasteiger charge is -2.08. The van der Waals surface area contributed by atoms with Crippen LogP contribution in [0, 0.1) is 0 Å². The third-order valence-corrected chi connectivity index (χ3v) is 3.79. The number of benzene rings is 2. The molecule has 0 spiro atoms. The van der Waals surface area contributed by atoms with Gasteiger partial charge in [-0.05, 0) is 24.3 Å². The number of epoxide rings is 2. The van der Waals surface area contributed by atoms with Crippen LogP contribution in [0.15, 0.2) is 48.5 Å². The Morgan fingerprint density at radius 1 is 1.00 bits per heavy atom. The van der Waals surface area contributed by atoms with Crippen molar-refractivity contribution >= 4 is 11.6 Å². The summed E-state index contributed by atoms with van der Waals surface area (Å²) >= 11 is 5.27. The second-order valence-electron chi connectivity index (χ2n) is 5.60. The highest BCUT2D eigenvalue weighted by Crippen LogP contribution is 2.26. The number of hydrogen-bond donors (Lipinski definition) is 1. The van der Waals surface area contributed by atoms with Crippen molar-refractivity contribution in [3.05, 3.63) is 48.5 Å². The maximum absolute atomic E-state index is 8.99. The van der Waals surface area contributed by atoms with E-state index in [1.54, 1.807) is 48.5 Å². The predicted octanol–water partition coefficient (Wildman–Crippen LogP) is 3.50. The highest BCUT2D eigenvalue weighted by Gasteiger charge is 2.23. The van der Waals surface area contributed by atoms with Crippen LogP contribution in [0.25, 0.3) is 0 Å². The fourth-order valence-corrected chi connectivity index (χ4v) is 1.97. The zero-order valence-electron chi connectivity index (χ0n) is 18.0. The van der Waals surface area contributed by atoms with E-state index in [9.17, 15) is 0 Å². The molecular formula is C20H25ClO6. The molecule has 2 fully saturated rings. The first-order valence-corrected chi connectivity index (χ1v) is 8.88. The fourth-order valence-electron chi connectivity index (χ4n) is 1.79. The third kappa shape index (κ3) is 8.39. The van der Waals surface area contributed by atoms with Crippen molar-refractivity contribution in [1.82, 2.24) is 0 Å². The molecule has 0 bridgehead atoms. The first-order valence-electron chi connectivity index (χ1n) is 9.84. The van der Waals surface area contributed by atoms with E-state index in [0.717, 1.165) is 6.61 Å². The van der Waals surface area contributed by atoms with Crippen LogP contribution in [0.3, 0.4) is 0 Å². The smallest absolute Gasteiger partial charge is 0.161 e. The Labute approximate surface area is 168 Å². The number of phenols is 1. The van der Waals surface area contributed by atoms with E-state index in [0.29, 0.717) is 36.7 Å². The van der Waals surface area contributed by atoms with Crippen LogP contribution in [0.5, 0.6) is 23.0 Å². The zero-order chi connectivity index (χ0) is 22.0. The van der Waals surface area contributed by atoms with Gasteiger partial charge in [0.05, 0.1) is 43.5 Å². The van der Waals surface area contributed by atoms with Gasteiger partial charge in [-0.2, -0.15) is 0 Å². The Bertz CT molecular complexity index is 766. The molecule has 4 rings (SSSR count). The molecule has 0 aromatic heterocycles. The summed E-state index contributed by atoms with van der Waals surface area (Å²) in [6, 6.07) is 13.5. The highest BCUT2D eigenvalue weighted by atomic mass is 35.5. The van der Waals surface area contributed by atoms with Gasteiger partial charge in [0.25, 0.3) is 0 Å². The summed E-state index contributed by atoms with van der Waals surface area (Å²) in [7, 11) is -0.940. The number of rotatable bonds is 6. The monoisotopic (exact) mass is 399 g/mol. The van der Waals surface area contributed by atoms with E-state index in [-0.39, 0.29) is 17.6 Å². The van der Waals surface area contributed by atoms with Gasteiger partial charge < -0.3 is 28.8 Å². The van der Waals surface area contributed by atoms with Gasteiger partial charge in [0.2, 0.25) is 0 Å². The third-order valence-electron chi connectivity index (χ3n) is 3.45. The standard InChI is InChI=1S/C10H12O3.C7H8O2.C3H5ClO/c1-11-9-4-2-3-5-10(9)13-7-8-6-12-8;1-9-7-5-3-2-4-6(7)8;4-1-3-2-5-3/h2-5,8H,6-7H2,1H3;2-5,8H,1H3;3H,1-2H2/i1D3;;. The Morgan fingerprint density at radius 3 is 2.04 bits per heavy atom. The molecule has 2 aliphatic heterocycles. The van der Waals surface area contributed by atoms with Crippen molar-refractivity contribution in [2.45, 2.75) is 12.2 Å². The predicted molar refractivity (Wildman–Crippen MR) is 103 cm³/mol. The van der Waals surface area contributed by atoms with Gasteiger partial charge in [-0.3, -0.25) is 0 Å². The van der Waals surface area contributed by atoms with Crippen LogP contribution in [0.1, 0.15) is 4.11 Å². The van der Waals surface area contributed by atoms with Crippen LogP contribution in [-0.2, 0) is 9.47 Å². The second-order valence-corrected chi connectivity index (χ2v) is 5.91. The molecule has 7 heteroatoms. The van der Waals surface area contributed by atoms with Crippen LogP contribution < -0.4 is 14.2 Å². The van der Waals surface area contributed by atoms with Crippen LogP contribution >= 0.6 is 11.6 Å². The summed E-state index contributed by atoms with van der Waals surface area (Å²) in [4.78, 5) is 0. The quantitative estimate of drug-likeness (QED) is 0.592. The maximum atomic E-state index is 8.99. The Morgan fingerprint density at radius 2 is 1.59 bits per heavy atom. The summed E-state index contributed by atoms with van der Waals surface area (Å²) in [6.45, 7) is 1.99. The van der Waals surface area contributed by atoms with Crippen molar-refractivity contribution in [3.8, 4) is 23.0 Å². The van der Waals surface area contributed by atoms with Gasteiger partial charge in [-0.1, -0.05) is 24.3 Å². The van der Waals surface area contributed by atoms with Gasteiger partial charge in [-0.15, -0.1) is 11.6 Å². The number of ether oxygens (including phenoxy) is 5. The average Bonchev–Trinajstić information content (AvgIpc) is 3.62. The van der Waals surface area contributed by atoms with Gasteiger partial charge >= 0.3 is 0 Å². The molecule has 148 valence electrons. The first kappa shape index (κ1) is 17.0. The molecule has 27 heavy (non-hydrogen) atoms. The summed E-state index contributed by atoms with van der Waals surface area (Å²) in [5.41, 5.74) is 0. The molecule has 0 aliphatic carbocycles. The van der Waals surface area contributed by atoms with Gasteiger partial charge in [-0.25, -0.2) is 0 Å². The molecule has 6 nitrogen and oxygen atoms in total. The van der Waals surface area contributed by atoms with E-state index in [2.05, 4.69) is 0 Å². The fraction of sp³-hybridized carbons (Fsp3) is 0.400. The van der Waals surface area contributed by atoms with E-state index in [1.807, 2.05) is 0 Å². The van der Waals surface area contributed by atoms with E-state index < -0.39 is 7.04 Å². The van der Waals surface area contributed by atoms with E-state index in [1.165, 1.54) is 7.11 Å². The zero-order valence-corrected chi connectivity index (χ0v) is 15.7. The van der Waals surface area contributed by atoms with Crippen molar-refractivity contribution in [1.29, 1.82) is 0 Å². The lowest BCUT2D eigenvalue weighted by molar-refractivity contribution is 0.252. The summed E-state index contributed by atoms with van der Waals surface area (Å²) in [5, 5.41) is 8.99. The molecular weight excluding hydrogens is 372 g/mol. The number of hydrogen-bond acceptors (Lipinski definition) is 6. The lowest BCUT2D eigenvalue weighted by Crippen LogP contribution is -2.04.